The van der Waals surface area contributed by atoms with E-state index in [2.05, 4.69) is 22.8 Å². The number of fused-ring (bicyclic) bond motifs is 3. The van der Waals surface area contributed by atoms with E-state index in [1.54, 1.807) is 19.1 Å². The smallest absolute Gasteiger partial charge is 0.408 e. The minimum absolute atomic E-state index is 0.101. The summed E-state index contributed by atoms with van der Waals surface area (Å²) in [6.45, 7) is 3.65. The van der Waals surface area contributed by atoms with Gasteiger partial charge >= 0.3 is 12.1 Å². The molecule has 0 saturated carbocycles. The molecule has 0 bridgehead atoms. The summed E-state index contributed by atoms with van der Waals surface area (Å²) in [5, 5.41) is 14.3. The van der Waals surface area contributed by atoms with Gasteiger partial charge in [-0.15, -0.1) is 0 Å². The first-order valence-corrected chi connectivity index (χ1v) is 11.5. The van der Waals surface area contributed by atoms with Crippen molar-refractivity contribution in [3.8, 4) is 11.1 Å². The van der Waals surface area contributed by atoms with Gasteiger partial charge in [-0.1, -0.05) is 78.4 Å². The second kappa shape index (κ2) is 10.4. The summed E-state index contributed by atoms with van der Waals surface area (Å²) >= 11 is 0. The average Bonchev–Trinajstić information content (AvgIpc) is 3.15. The Morgan fingerprint density at radius 1 is 0.886 bits per heavy atom. The molecule has 0 heterocycles. The van der Waals surface area contributed by atoms with E-state index in [0.717, 1.165) is 27.8 Å². The molecule has 3 aromatic carbocycles. The lowest BCUT2D eigenvalue weighted by molar-refractivity contribution is -0.137. The van der Waals surface area contributed by atoms with Gasteiger partial charge in [0.05, 0.1) is 6.42 Å². The van der Waals surface area contributed by atoms with Gasteiger partial charge in [-0.2, -0.15) is 0 Å². The molecule has 3 N–H and O–H groups in total. The maximum absolute atomic E-state index is 13.0. The van der Waals surface area contributed by atoms with Crippen LogP contribution in [-0.4, -0.2) is 35.7 Å². The number of hydrogen-bond donors (Lipinski definition) is 3. The van der Waals surface area contributed by atoms with Gasteiger partial charge in [0.1, 0.15) is 12.6 Å². The van der Waals surface area contributed by atoms with E-state index in [0.29, 0.717) is 5.56 Å². The van der Waals surface area contributed by atoms with E-state index in [1.165, 1.54) is 0 Å². The third-order valence-corrected chi connectivity index (χ3v) is 6.15. The highest BCUT2D eigenvalue weighted by Gasteiger charge is 2.30. The standard InChI is InChI=1S/C28H28N2O5/c1-17-11-13-19(14-12-17)26(27(33)29-18(2)15-25(31)32)30-28(34)35-16-24-22-9-5-3-7-20(22)21-8-4-6-10-23(21)24/h3-14,18,24,26H,15-16H2,1-2H3,(H,29,33)(H,30,34)(H,31,32)/t18-,26?/m0/s1. The third kappa shape index (κ3) is 5.51. The molecule has 2 amide bonds. The molecular formula is C28H28N2O5. The number of benzene rings is 3. The first kappa shape index (κ1) is 24.0. The van der Waals surface area contributed by atoms with Crippen LogP contribution < -0.4 is 10.6 Å². The highest BCUT2D eigenvalue weighted by Crippen LogP contribution is 2.44. The van der Waals surface area contributed by atoms with Crippen LogP contribution in [0.2, 0.25) is 0 Å². The number of aliphatic carboxylic acids is 1. The van der Waals surface area contributed by atoms with E-state index in [4.69, 9.17) is 9.84 Å². The molecule has 0 fully saturated rings. The SMILES string of the molecule is Cc1ccc(C(NC(=O)OCC2c3ccccc3-c3ccccc32)C(=O)N[C@@H](C)CC(=O)O)cc1. The van der Waals surface area contributed by atoms with Crippen molar-refractivity contribution in [1.82, 2.24) is 10.6 Å². The normalized spacial score (nSPS) is 13.8. The predicted molar refractivity (Wildman–Crippen MR) is 132 cm³/mol. The number of carboxylic acids is 1. The van der Waals surface area contributed by atoms with Crippen molar-refractivity contribution in [2.24, 2.45) is 0 Å². The molecule has 1 aliphatic carbocycles. The first-order valence-electron chi connectivity index (χ1n) is 11.5. The molecule has 0 aliphatic heterocycles. The van der Waals surface area contributed by atoms with Crippen molar-refractivity contribution in [2.75, 3.05) is 6.61 Å². The molecule has 1 aliphatic rings. The zero-order valence-electron chi connectivity index (χ0n) is 19.7. The van der Waals surface area contributed by atoms with E-state index >= 15 is 0 Å². The summed E-state index contributed by atoms with van der Waals surface area (Å²) in [5.41, 5.74) is 6.02. The number of ether oxygens (including phenoxy) is 1. The fourth-order valence-corrected chi connectivity index (χ4v) is 4.46. The number of aryl methyl sites for hydroxylation is 1. The molecule has 0 radical (unpaired) electrons. The van der Waals surface area contributed by atoms with Crippen LogP contribution in [0.4, 0.5) is 4.79 Å². The first-order chi connectivity index (χ1) is 16.8. The zero-order valence-corrected chi connectivity index (χ0v) is 19.7. The molecule has 0 saturated heterocycles. The number of carbonyl (C=O) groups is 3. The largest absolute Gasteiger partial charge is 0.481 e. The van der Waals surface area contributed by atoms with Gasteiger partial charge in [-0.3, -0.25) is 9.59 Å². The van der Waals surface area contributed by atoms with Gasteiger partial charge in [-0.05, 0) is 41.7 Å². The number of carbonyl (C=O) groups excluding carboxylic acids is 2. The molecule has 7 nitrogen and oxygen atoms in total. The van der Waals surface area contributed by atoms with Crippen LogP contribution in [0.3, 0.4) is 0 Å². The number of rotatable bonds is 8. The Morgan fingerprint density at radius 3 is 2.03 bits per heavy atom. The minimum Gasteiger partial charge on any atom is -0.481 e. The van der Waals surface area contributed by atoms with E-state index < -0.39 is 30.1 Å². The van der Waals surface area contributed by atoms with Crippen LogP contribution in [0.1, 0.15) is 47.6 Å². The van der Waals surface area contributed by atoms with Crippen molar-refractivity contribution < 1.29 is 24.2 Å². The fourth-order valence-electron chi connectivity index (χ4n) is 4.46. The summed E-state index contributed by atoms with van der Waals surface area (Å²) in [7, 11) is 0. The molecule has 1 unspecified atom stereocenters. The molecule has 4 rings (SSSR count). The van der Waals surface area contributed by atoms with E-state index in [9.17, 15) is 14.4 Å². The topological polar surface area (TPSA) is 105 Å². The predicted octanol–water partition coefficient (Wildman–Crippen LogP) is 4.55. The molecule has 7 heteroatoms. The lowest BCUT2D eigenvalue weighted by Gasteiger charge is -2.22. The summed E-state index contributed by atoms with van der Waals surface area (Å²) in [6, 6.07) is 21.7. The summed E-state index contributed by atoms with van der Waals surface area (Å²) in [4.78, 5) is 36.8. The molecule has 35 heavy (non-hydrogen) atoms. The van der Waals surface area contributed by atoms with Gasteiger partial charge in [0, 0.05) is 12.0 Å². The maximum Gasteiger partial charge on any atom is 0.408 e. The van der Waals surface area contributed by atoms with Crippen LogP contribution in [-0.2, 0) is 14.3 Å². The molecule has 0 aromatic heterocycles. The van der Waals surface area contributed by atoms with Gasteiger partial charge < -0.3 is 20.5 Å². The Kier molecular flexibility index (Phi) is 7.15. The van der Waals surface area contributed by atoms with Crippen molar-refractivity contribution >= 4 is 18.0 Å². The number of carboxylic acid groups (broad SMARTS) is 1. The Labute approximate surface area is 204 Å². The molecular weight excluding hydrogens is 444 g/mol. The average molecular weight is 473 g/mol. The van der Waals surface area contributed by atoms with Gasteiger partial charge in [0.2, 0.25) is 5.91 Å². The summed E-state index contributed by atoms with van der Waals surface area (Å²) in [5.74, 6) is -1.62. The van der Waals surface area contributed by atoms with Crippen LogP contribution >= 0.6 is 0 Å². The quantitative estimate of drug-likeness (QED) is 0.446. The lowest BCUT2D eigenvalue weighted by Crippen LogP contribution is -2.44. The fraction of sp³-hybridized carbons (Fsp3) is 0.250. The van der Waals surface area contributed by atoms with E-state index in [1.807, 2.05) is 55.5 Å². The number of amides is 2. The monoisotopic (exact) mass is 472 g/mol. The number of nitrogens with one attached hydrogen (secondary N) is 2. The highest BCUT2D eigenvalue weighted by atomic mass is 16.5. The maximum atomic E-state index is 13.0. The number of hydrogen-bond acceptors (Lipinski definition) is 4. The van der Waals surface area contributed by atoms with E-state index in [-0.39, 0.29) is 18.9 Å². The minimum atomic E-state index is -1.03. The Balaban J connectivity index is 1.48. The Morgan fingerprint density at radius 2 is 1.46 bits per heavy atom. The van der Waals surface area contributed by atoms with Gasteiger partial charge in [0.15, 0.2) is 0 Å². The van der Waals surface area contributed by atoms with Crippen molar-refractivity contribution in [3.63, 3.8) is 0 Å². The van der Waals surface area contributed by atoms with Gasteiger partial charge in [0.25, 0.3) is 0 Å². The molecule has 2 atom stereocenters. The zero-order chi connectivity index (χ0) is 24.9. The van der Waals surface area contributed by atoms with Crippen LogP contribution in [0, 0.1) is 6.92 Å². The third-order valence-electron chi connectivity index (χ3n) is 6.15. The van der Waals surface area contributed by atoms with Crippen molar-refractivity contribution in [2.45, 2.75) is 38.3 Å². The van der Waals surface area contributed by atoms with Crippen LogP contribution in [0.15, 0.2) is 72.8 Å². The molecule has 0 spiro atoms. The Hall–Kier alpha value is -4.13. The van der Waals surface area contributed by atoms with Crippen LogP contribution in [0.25, 0.3) is 11.1 Å². The lowest BCUT2D eigenvalue weighted by atomic mass is 9.98. The number of alkyl carbamates (subject to hydrolysis) is 1. The van der Waals surface area contributed by atoms with Gasteiger partial charge in [-0.25, -0.2) is 4.79 Å². The second-order valence-electron chi connectivity index (χ2n) is 8.82. The highest BCUT2D eigenvalue weighted by molar-refractivity contribution is 5.87. The Bertz CT molecular complexity index is 1190. The van der Waals surface area contributed by atoms with Crippen molar-refractivity contribution in [1.29, 1.82) is 0 Å². The van der Waals surface area contributed by atoms with Crippen LogP contribution in [0.5, 0.6) is 0 Å². The second-order valence-corrected chi connectivity index (χ2v) is 8.82. The molecule has 180 valence electrons. The van der Waals surface area contributed by atoms with Crippen molar-refractivity contribution in [3.05, 3.63) is 95.1 Å². The molecule has 3 aromatic rings. The summed E-state index contributed by atoms with van der Waals surface area (Å²) in [6.07, 6.45) is -0.949. The summed E-state index contributed by atoms with van der Waals surface area (Å²) < 4.78 is 5.61.